The highest BCUT2D eigenvalue weighted by molar-refractivity contribution is 8.15. The highest BCUT2D eigenvalue weighted by Gasteiger charge is 2.27. The Hall–Kier alpha value is -0.830. The molecule has 0 spiro atoms. The fourth-order valence-corrected chi connectivity index (χ4v) is 2.27. The maximum atomic E-state index is 4.51. The number of pyridine rings is 1. The largest absolute Gasteiger partial charge is 0.276 e. The van der Waals surface area contributed by atoms with Crippen molar-refractivity contribution in [2.24, 2.45) is 4.99 Å². The molecule has 1 aromatic rings. The first-order valence-corrected chi connectivity index (χ1v) is 5.13. The first-order chi connectivity index (χ1) is 6.17. The van der Waals surface area contributed by atoms with Crippen molar-refractivity contribution in [2.45, 2.75) is 18.6 Å². The van der Waals surface area contributed by atoms with Crippen molar-refractivity contribution in [3.05, 3.63) is 30.1 Å². The van der Waals surface area contributed by atoms with Crippen molar-refractivity contribution >= 4 is 16.8 Å². The highest BCUT2D eigenvalue weighted by Crippen LogP contribution is 2.34. The normalized spacial score (nSPS) is 20.0. The van der Waals surface area contributed by atoms with Crippen molar-refractivity contribution in [3.63, 3.8) is 0 Å². The summed E-state index contributed by atoms with van der Waals surface area (Å²) in [6.07, 6.45) is 3.62. The smallest absolute Gasteiger partial charge is 0.0984 e. The van der Waals surface area contributed by atoms with Gasteiger partial charge in [0.15, 0.2) is 0 Å². The second-order valence-electron chi connectivity index (χ2n) is 3.72. The second-order valence-corrected chi connectivity index (χ2v) is 5.42. The van der Waals surface area contributed by atoms with Crippen LogP contribution in [0.4, 0.5) is 0 Å². The van der Waals surface area contributed by atoms with Gasteiger partial charge in [-0.1, -0.05) is 11.8 Å². The van der Waals surface area contributed by atoms with Gasteiger partial charge in [-0.3, -0.25) is 9.98 Å². The quantitative estimate of drug-likeness (QED) is 0.682. The van der Waals surface area contributed by atoms with E-state index in [-0.39, 0.29) is 4.75 Å². The van der Waals surface area contributed by atoms with Crippen LogP contribution in [-0.4, -0.2) is 21.3 Å². The number of nitrogens with zero attached hydrogens (tertiary/aromatic N) is 2. The van der Waals surface area contributed by atoms with Gasteiger partial charge in [-0.25, -0.2) is 0 Å². The van der Waals surface area contributed by atoms with Crippen molar-refractivity contribution < 1.29 is 0 Å². The van der Waals surface area contributed by atoms with Crippen molar-refractivity contribution in [1.29, 1.82) is 0 Å². The molecule has 3 heteroatoms. The van der Waals surface area contributed by atoms with Crippen LogP contribution in [0, 0.1) is 0 Å². The molecular formula is C10H12N2S. The molecule has 0 unspecified atom stereocenters. The van der Waals surface area contributed by atoms with E-state index >= 15 is 0 Å². The lowest BCUT2D eigenvalue weighted by Gasteiger charge is -2.13. The molecule has 0 amide bonds. The Kier molecular flexibility index (Phi) is 2.12. The zero-order valence-corrected chi connectivity index (χ0v) is 8.64. The number of hydrogen-bond donors (Lipinski definition) is 0. The molecule has 1 aliphatic rings. The Morgan fingerprint density at radius 3 is 2.54 bits per heavy atom. The molecule has 0 saturated carbocycles. The summed E-state index contributed by atoms with van der Waals surface area (Å²) in [7, 11) is 0. The number of thioether (sulfide) groups is 1. The maximum absolute atomic E-state index is 4.51. The topological polar surface area (TPSA) is 25.2 Å². The first-order valence-electron chi connectivity index (χ1n) is 4.31. The van der Waals surface area contributed by atoms with Gasteiger partial charge in [-0.05, 0) is 26.0 Å². The van der Waals surface area contributed by atoms with Gasteiger partial charge in [0.05, 0.1) is 11.6 Å². The van der Waals surface area contributed by atoms with E-state index in [0.717, 1.165) is 11.6 Å². The molecule has 0 radical (unpaired) electrons. The summed E-state index contributed by atoms with van der Waals surface area (Å²) < 4.78 is 0.263. The van der Waals surface area contributed by atoms with Crippen LogP contribution in [0.5, 0.6) is 0 Å². The lowest BCUT2D eigenvalue weighted by Crippen LogP contribution is -2.14. The Morgan fingerprint density at radius 2 is 2.00 bits per heavy atom. The van der Waals surface area contributed by atoms with Crippen LogP contribution in [0.3, 0.4) is 0 Å². The Labute approximate surface area is 82.5 Å². The van der Waals surface area contributed by atoms with Crippen LogP contribution >= 0.6 is 11.8 Å². The molecule has 2 nitrogen and oxygen atoms in total. The summed E-state index contributed by atoms with van der Waals surface area (Å²) in [6, 6.07) is 4.01. The molecule has 1 aromatic heterocycles. The lowest BCUT2D eigenvalue weighted by atomic mass is 10.2. The minimum Gasteiger partial charge on any atom is -0.276 e. The molecule has 2 heterocycles. The molecular weight excluding hydrogens is 180 g/mol. The number of aliphatic imine (C=N–C) groups is 1. The van der Waals surface area contributed by atoms with Crippen LogP contribution < -0.4 is 0 Å². The van der Waals surface area contributed by atoms with Crippen LogP contribution in [0.15, 0.2) is 29.5 Å². The third-order valence-electron chi connectivity index (χ3n) is 1.90. The average Bonchev–Trinajstić information content (AvgIpc) is 2.48. The molecule has 13 heavy (non-hydrogen) atoms. The van der Waals surface area contributed by atoms with E-state index < -0.39 is 0 Å². The molecule has 0 atom stereocenters. The minimum atomic E-state index is 0.263. The van der Waals surface area contributed by atoms with Crippen LogP contribution in [0.2, 0.25) is 0 Å². The van der Waals surface area contributed by atoms with E-state index in [1.807, 2.05) is 36.3 Å². The molecule has 0 N–H and O–H groups in total. The summed E-state index contributed by atoms with van der Waals surface area (Å²) in [5.41, 5.74) is 1.19. The molecule has 0 aliphatic carbocycles. The highest BCUT2D eigenvalue weighted by atomic mass is 32.2. The third kappa shape index (κ3) is 1.91. The zero-order chi connectivity index (χ0) is 9.31. The van der Waals surface area contributed by atoms with E-state index in [1.165, 1.54) is 5.56 Å². The van der Waals surface area contributed by atoms with Gasteiger partial charge in [0, 0.05) is 22.7 Å². The molecule has 0 bridgehead atoms. The Bertz CT molecular complexity index is 330. The first kappa shape index (κ1) is 8.75. The maximum Gasteiger partial charge on any atom is 0.0984 e. The molecule has 68 valence electrons. The van der Waals surface area contributed by atoms with Gasteiger partial charge in [0.25, 0.3) is 0 Å². The van der Waals surface area contributed by atoms with E-state index in [0.29, 0.717) is 0 Å². The van der Waals surface area contributed by atoms with Gasteiger partial charge < -0.3 is 0 Å². The standard InChI is InChI=1S/C10H12N2S/c1-10(2)7-12-9(13-10)8-3-5-11-6-4-8/h3-6H,7H2,1-2H3. The summed E-state index contributed by atoms with van der Waals surface area (Å²) in [4.78, 5) is 8.50. The molecule has 0 saturated heterocycles. The average molecular weight is 192 g/mol. The fourth-order valence-electron chi connectivity index (χ4n) is 1.23. The van der Waals surface area contributed by atoms with Gasteiger partial charge in [0.2, 0.25) is 0 Å². The Balaban J connectivity index is 2.22. The van der Waals surface area contributed by atoms with E-state index in [2.05, 4.69) is 23.8 Å². The summed E-state index contributed by atoms with van der Waals surface area (Å²) in [6.45, 7) is 5.35. The van der Waals surface area contributed by atoms with Crippen molar-refractivity contribution in [2.75, 3.05) is 6.54 Å². The summed E-state index contributed by atoms with van der Waals surface area (Å²) in [5.74, 6) is 0. The van der Waals surface area contributed by atoms with Gasteiger partial charge in [0.1, 0.15) is 0 Å². The minimum absolute atomic E-state index is 0.263. The number of aromatic nitrogens is 1. The third-order valence-corrected chi connectivity index (χ3v) is 3.14. The number of rotatable bonds is 1. The molecule has 1 aliphatic heterocycles. The molecule has 0 fully saturated rings. The molecule has 2 rings (SSSR count). The van der Waals surface area contributed by atoms with Gasteiger partial charge in [-0.2, -0.15) is 0 Å². The van der Waals surface area contributed by atoms with Gasteiger partial charge in [-0.15, -0.1) is 0 Å². The fraction of sp³-hybridized carbons (Fsp3) is 0.400. The summed E-state index contributed by atoms with van der Waals surface area (Å²) in [5, 5.41) is 1.15. The van der Waals surface area contributed by atoms with E-state index in [1.54, 1.807) is 0 Å². The SMILES string of the molecule is CC1(C)CN=C(c2ccncc2)S1. The zero-order valence-electron chi connectivity index (χ0n) is 7.82. The van der Waals surface area contributed by atoms with Gasteiger partial charge >= 0.3 is 0 Å². The van der Waals surface area contributed by atoms with Crippen molar-refractivity contribution in [3.8, 4) is 0 Å². The van der Waals surface area contributed by atoms with Crippen LogP contribution in [0.1, 0.15) is 19.4 Å². The van der Waals surface area contributed by atoms with Crippen LogP contribution in [-0.2, 0) is 0 Å². The summed E-state index contributed by atoms with van der Waals surface area (Å²) >= 11 is 1.84. The van der Waals surface area contributed by atoms with Crippen LogP contribution in [0.25, 0.3) is 0 Å². The number of hydrogen-bond acceptors (Lipinski definition) is 3. The second kappa shape index (κ2) is 3.14. The van der Waals surface area contributed by atoms with Crippen molar-refractivity contribution in [1.82, 2.24) is 4.98 Å². The lowest BCUT2D eigenvalue weighted by molar-refractivity contribution is 0.741. The predicted molar refractivity (Wildman–Crippen MR) is 57.3 cm³/mol. The van der Waals surface area contributed by atoms with E-state index in [4.69, 9.17) is 0 Å². The molecule has 0 aromatic carbocycles. The Morgan fingerprint density at radius 1 is 1.31 bits per heavy atom. The predicted octanol–water partition coefficient (Wildman–Crippen LogP) is 2.35. The van der Waals surface area contributed by atoms with E-state index in [9.17, 15) is 0 Å². The monoisotopic (exact) mass is 192 g/mol.